The Kier molecular flexibility index (Phi) is 2.11. The minimum atomic E-state index is 0.592. The molecule has 1 rings (SSSR count). The molecule has 0 atom stereocenters. The lowest BCUT2D eigenvalue weighted by Gasteiger charge is -1.88. The topological polar surface area (TPSA) is 26.0 Å². The lowest BCUT2D eigenvalue weighted by Crippen LogP contribution is -1.94. The van der Waals surface area contributed by atoms with Crippen LogP contribution in [0.4, 0.5) is 0 Å². The maximum absolute atomic E-state index is 5.71. The van der Waals surface area contributed by atoms with Crippen LogP contribution in [0, 0.1) is 6.92 Å². The van der Waals surface area contributed by atoms with Crippen molar-refractivity contribution < 1.29 is 0 Å². The molecule has 0 saturated heterocycles. The normalized spacial score (nSPS) is 10.1. The van der Waals surface area contributed by atoms with Gasteiger partial charge in [0.05, 0.1) is 4.34 Å². The number of aryl methyl sites for hydroxylation is 1. The predicted octanol–water partition coefficient (Wildman–Crippen LogP) is 2.17. The molecule has 0 saturated carbocycles. The molecule has 0 fully saturated rings. The first-order valence-electron chi connectivity index (χ1n) is 2.69. The van der Waals surface area contributed by atoms with E-state index in [0.29, 0.717) is 6.54 Å². The molecule has 0 bridgehead atoms. The zero-order valence-corrected chi connectivity index (χ0v) is 6.72. The summed E-state index contributed by atoms with van der Waals surface area (Å²) in [4.78, 5) is 1.22. The molecule has 1 aromatic heterocycles. The van der Waals surface area contributed by atoms with Crippen molar-refractivity contribution in [1.29, 1.82) is 0 Å². The average Bonchev–Trinajstić information content (AvgIpc) is 2.10. The molecule has 9 heavy (non-hydrogen) atoms. The van der Waals surface area contributed by atoms with Crippen molar-refractivity contribution in [1.82, 2.24) is 0 Å². The largest absolute Gasteiger partial charge is 0.326 e. The molecule has 50 valence electrons. The molecule has 3 heteroatoms. The standard InChI is InChI=1S/C6H8ClNS/c1-4-5(3-8)2-6(7)9-4/h2H,3,8H2,1H3. The highest BCUT2D eigenvalue weighted by atomic mass is 35.5. The van der Waals surface area contributed by atoms with Crippen LogP contribution >= 0.6 is 22.9 Å². The van der Waals surface area contributed by atoms with Gasteiger partial charge in [0.2, 0.25) is 0 Å². The number of hydrogen-bond acceptors (Lipinski definition) is 2. The molecule has 0 aliphatic heterocycles. The Hall–Kier alpha value is -0.0500. The van der Waals surface area contributed by atoms with Crippen LogP contribution in [0.25, 0.3) is 0 Å². The summed E-state index contributed by atoms with van der Waals surface area (Å²) in [5.41, 5.74) is 6.57. The predicted molar refractivity (Wildman–Crippen MR) is 42.0 cm³/mol. The Morgan fingerprint density at radius 3 is 2.67 bits per heavy atom. The van der Waals surface area contributed by atoms with Gasteiger partial charge in [-0.1, -0.05) is 11.6 Å². The van der Waals surface area contributed by atoms with Gasteiger partial charge in [0.25, 0.3) is 0 Å². The van der Waals surface area contributed by atoms with Crippen LogP contribution in [-0.4, -0.2) is 0 Å². The first-order valence-corrected chi connectivity index (χ1v) is 3.88. The number of nitrogens with two attached hydrogens (primary N) is 1. The van der Waals surface area contributed by atoms with Gasteiger partial charge in [-0.25, -0.2) is 0 Å². The van der Waals surface area contributed by atoms with E-state index in [-0.39, 0.29) is 0 Å². The molecule has 0 unspecified atom stereocenters. The summed E-state index contributed by atoms with van der Waals surface area (Å²) in [6.07, 6.45) is 0. The van der Waals surface area contributed by atoms with Gasteiger partial charge in [-0.15, -0.1) is 11.3 Å². The lowest BCUT2D eigenvalue weighted by atomic mass is 10.3. The third-order valence-corrected chi connectivity index (χ3v) is 2.43. The maximum Gasteiger partial charge on any atom is 0.0934 e. The molecule has 1 heterocycles. The molecule has 0 radical (unpaired) electrons. The highest BCUT2D eigenvalue weighted by molar-refractivity contribution is 7.16. The molecule has 0 spiro atoms. The van der Waals surface area contributed by atoms with Gasteiger partial charge in [0, 0.05) is 11.4 Å². The van der Waals surface area contributed by atoms with E-state index in [1.54, 1.807) is 11.3 Å². The monoisotopic (exact) mass is 161 g/mol. The summed E-state index contributed by atoms with van der Waals surface area (Å²) < 4.78 is 0.827. The molecule has 1 nitrogen and oxygen atoms in total. The van der Waals surface area contributed by atoms with Gasteiger partial charge in [0.15, 0.2) is 0 Å². The third-order valence-electron chi connectivity index (χ3n) is 1.21. The van der Waals surface area contributed by atoms with E-state index in [9.17, 15) is 0 Å². The Bertz CT molecular complexity index is 207. The first kappa shape index (κ1) is 7.06. The van der Waals surface area contributed by atoms with Crippen molar-refractivity contribution in [3.05, 3.63) is 20.8 Å². The van der Waals surface area contributed by atoms with E-state index in [2.05, 4.69) is 0 Å². The van der Waals surface area contributed by atoms with Crippen LogP contribution < -0.4 is 5.73 Å². The summed E-state index contributed by atoms with van der Waals surface area (Å²) in [5.74, 6) is 0. The van der Waals surface area contributed by atoms with Gasteiger partial charge in [-0.05, 0) is 18.6 Å². The van der Waals surface area contributed by atoms with Crippen LogP contribution in [-0.2, 0) is 6.54 Å². The fourth-order valence-electron chi connectivity index (χ4n) is 0.683. The smallest absolute Gasteiger partial charge is 0.0934 e. The fourth-order valence-corrected chi connectivity index (χ4v) is 1.93. The molecule has 0 aromatic carbocycles. The number of thiophene rings is 1. The van der Waals surface area contributed by atoms with E-state index in [0.717, 1.165) is 9.90 Å². The number of rotatable bonds is 1. The fraction of sp³-hybridized carbons (Fsp3) is 0.333. The van der Waals surface area contributed by atoms with Crippen LogP contribution in [0.15, 0.2) is 6.07 Å². The van der Waals surface area contributed by atoms with Gasteiger partial charge in [0.1, 0.15) is 0 Å². The van der Waals surface area contributed by atoms with Crippen LogP contribution in [0.2, 0.25) is 4.34 Å². The number of halogens is 1. The molecule has 1 aromatic rings. The summed E-state index contributed by atoms with van der Waals surface area (Å²) in [7, 11) is 0. The van der Waals surface area contributed by atoms with Crippen LogP contribution in [0.1, 0.15) is 10.4 Å². The van der Waals surface area contributed by atoms with Gasteiger partial charge >= 0.3 is 0 Å². The van der Waals surface area contributed by atoms with Crippen molar-refractivity contribution >= 4 is 22.9 Å². The summed E-state index contributed by atoms with van der Waals surface area (Å²) in [6, 6.07) is 1.92. The molecule has 0 amide bonds. The minimum absolute atomic E-state index is 0.592. The zero-order chi connectivity index (χ0) is 6.85. The average molecular weight is 162 g/mol. The third kappa shape index (κ3) is 1.45. The van der Waals surface area contributed by atoms with Gasteiger partial charge in [-0.2, -0.15) is 0 Å². The lowest BCUT2D eigenvalue weighted by molar-refractivity contribution is 1.07. The highest BCUT2D eigenvalue weighted by Crippen LogP contribution is 2.24. The second-order valence-electron chi connectivity index (χ2n) is 1.84. The van der Waals surface area contributed by atoms with E-state index in [4.69, 9.17) is 17.3 Å². The van der Waals surface area contributed by atoms with Crippen molar-refractivity contribution in [2.75, 3.05) is 0 Å². The molecular formula is C6H8ClNS. The van der Waals surface area contributed by atoms with E-state index >= 15 is 0 Å². The molecule has 2 N–H and O–H groups in total. The SMILES string of the molecule is Cc1sc(Cl)cc1CN. The maximum atomic E-state index is 5.71. The van der Waals surface area contributed by atoms with E-state index < -0.39 is 0 Å². The first-order chi connectivity index (χ1) is 4.24. The van der Waals surface area contributed by atoms with Gasteiger partial charge in [-0.3, -0.25) is 0 Å². The van der Waals surface area contributed by atoms with Crippen LogP contribution in [0.3, 0.4) is 0 Å². The Balaban J connectivity index is 3.01. The van der Waals surface area contributed by atoms with E-state index in [1.165, 1.54) is 4.88 Å². The van der Waals surface area contributed by atoms with Crippen LogP contribution in [0.5, 0.6) is 0 Å². The second kappa shape index (κ2) is 2.69. The second-order valence-corrected chi connectivity index (χ2v) is 3.72. The van der Waals surface area contributed by atoms with Crippen molar-refractivity contribution in [2.45, 2.75) is 13.5 Å². The van der Waals surface area contributed by atoms with Crippen molar-refractivity contribution in [3.63, 3.8) is 0 Å². The highest BCUT2D eigenvalue weighted by Gasteiger charge is 1.99. The number of hydrogen-bond donors (Lipinski definition) is 1. The Morgan fingerprint density at radius 2 is 2.44 bits per heavy atom. The molecule has 0 aliphatic carbocycles. The molecular weight excluding hydrogens is 154 g/mol. The quantitative estimate of drug-likeness (QED) is 0.672. The summed E-state index contributed by atoms with van der Waals surface area (Å²) in [6.45, 7) is 2.62. The Morgan fingerprint density at radius 1 is 1.78 bits per heavy atom. The van der Waals surface area contributed by atoms with E-state index in [1.807, 2.05) is 13.0 Å². The zero-order valence-electron chi connectivity index (χ0n) is 5.15. The van der Waals surface area contributed by atoms with Crippen molar-refractivity contribution in [2.24, 2.45) is 5.73 Å². The summed E-state index contributed by atoms with van der Waals surface area (Å²) >= 11 is 7.29. The molecule has 0 aliphatic rings. The summed E-state index contributed by atoms with van der Waals surface area (Å²) in [5, 5.41) is 0. The van der Waals surface area contributed by atoms with Crippen molar-refractivity contribution in [3.8, 4) is 0 Å². The minimum Gasteiger partial charge on any atom is -0.326 e. The van der Waals surface area contributed by atoms with Gasteiger partial charge < -0.3 is 5.73 Å². The Labute approximate surface area is 63.4 Å².